The summed E-state index contributed by atoms with van der Waals surface area (Å²) >= 11 is 0. The van der Waals surface area contributed by atoms with Crippen LogP contribution in [-0.2, 0) is 15.7 Å². The van der Waals surface area contributed by atoms with E-state index >= 15 is 0 Å². The number of rotatable bonds is 11. The van der Waals surface area contributed by atoms with E-state index in [-0.39, 0.29) is 41.6 Å². The van der Waals surface area contributed by atoms with Crippen molar-refractivity contribution in [2.24, 2.45) is 5.10 Å². The fourth-order valence-corrected chi connectivity index (χ4v) is 4.24. The fraction of sp³-hybridized carbons (Fsp3) is 0.276. The van der Waals surface area contributed by atoms with Gasteiger partial charge in [0.1, 0.15) is 18.1 Å². The number of hydrazone groups is 1. The lowest BCUT2D eigenvalue weighted by Crippen LogP contribution is -2.45. The van der Waals surface area contributed by atoms with Crippen LogP contribution in [0, 0.1) is 0 Å². The Morgan fingerprint density at radius 1 is 1.16 bits per heavy atom. The van der Waals surface area contributed by atoms with Gasteiger partial charge in [0.25, 0.3) is 0 Å². The fourth-order valence-electron chi connectivity index (χ4n) is 4.24. The molecular formula is C29H29F3N4O7. The number of furan rings is 1. The number of allylic oxidation sites excluding steroid dienone is 1. The van der Waals surface area contributed by atoms with Crippen molar-refractivity contribution in [3.05, 3.63) is 82.8 Å². The number of carbonyl (C=O) groups excluding carboxylic acids is 2. The lowest BCUT2D eigenvalue weighted by molar-refractivity contribution is -0.138. The summed E-state index contributed by atoms with van der Waals surface area (Å²) in [6.07, 6.45) is -4.48. The molecule has 11 nitrogen and oxygen atoms in total. The van der Waals surface area contributed by atoms with Crippen LogP contribution in [0.2, 0.25) is 0 Å². The molecule has 3 aromatic rings. The maximum absolute atomic E-state index is 13.0. The summed E-state index contributed by atoms with van der Waals surface area (Å²) in [7, 11) is 1.24. The predicted molar refractivity (Wildman–Crippen MR) is 148 cm³/mol. The number of urea groups is 1. The van der Waals surface area contributed by atoms with Crippen LogP contribution in [0.5, 0.6) is 11.5 Å². The van der Waals surface area contributed by atoms with Crippen LogP contribution >= 0.6 is 0 Å². The van der Waals surface area contributed by atoms with E-state index in [4.69, 9.17) is 18.6 Å². The third kappa shape index (κ3) is 7.65. The van der Waals surface area contributed by atoms with E-state index < -0.39 is 36.0 Å². The predicted octanol–water partition coefficient (Wildman–Crippen LogP) is 4.49. The molecule has 2 aromatic carbocycles. The maximum atomic E-state index is 13.0. The average Bonchev–Trinajstić information content (AvgIpc) is 3.44. The number of esters is 1. The van der Waals surface area contributed by atoms with Crippen LogP contribution < -0.4 is 25.5 Å². The number of amides is 2. The van der Waals surface area contributed by atoms with E-state index in [1.54, 1.807) is 32.0 Å². The van der Waals surface area contributed by atoms with Crippen molar-refractivity contribution in [1.82, 2.24) is 16.1 Å². The van der Waals surface area contributed by atoms with Crippen molar-refractivity contribution in [1.29, 1.82) is 0 Å². The van der Waals surface area contributed by atoms with Crippen LogP contribution in [-0.4, -0.2) is 49.9 Å². The number of halogens is 3. The Hall–Kier alpha value is -4.98. The van der Waals surface area contributed by atoms with Crippen LogP contribution in [0.1, 0.15) is 36.8 Å². The summed E-state index contributed by atoms with van der Waals surface area (Å²) in [5.74, 6) is 0.444. The standard InChI is InChI=1S/C29H29F3N4O7/c1-4-41-23-13-18(26-25(27(38)40-3)16(2)34-28(39)35-26)8-10-22(23)42-15-24(37)36-33-14-20-9-11-21(43-20)17-6-5-7-19(12-17)29(30,31)32/h5-14,24,26,36-37H,4,15H2,1-3H3,(H2,34,35,39)/b33-14+/t24-,26+/m0/s1. The molecule has 1 aliphatic rings. The molecule has 2 atom stereocenters. The molecule has 0 bridgehead atoms. The van der Waals surface area contributed by atoms with Gasteiger partial charge in [-0.05, 0) is 55.8 Å². The molecule has 0 saturated heterocycles. The monoisotopic (exact) mass is 602 g/mol. The van der Waals surface area contributed by atoms with Crippen molar-refractivity contribution in [2.75, 3.05) is 20.3 Å². The summed E-state index contributed by atoms with van der Waals surface area (Å²) in [4.78, 5) is 24.5. The molecule has 0 saturated carbocycles. The molecule has 2 heterocycles. The quantitative estimate of drug-likeness (QED) is 0.109. The molecule has 4 rings (SSSR count). The smallest absolute Gasteiger partial charge is 0.416 e. The van der Waals surface area contributed by atoms with Gasteiger partial charge in [-0.2, -0.15) is 18.3 Å². The van der Waals surface area contributed by atoms with E-state index in [2.05, 4.69) is 21.2 Å². The number of aliphatic hydroxyl groups is 1. The molecule has 14 heteroatoms. The third-order valence-corrected chi connectivity index (χ3v) is 6.19. The molecule has 1 aromatic heterocycles. The number of alkyl halides is 3. The van der Waals surface area contributed by atoms with Gasteiger partial charge in [0.2, 0.25) is 0 Å². The molecule has 0 spiro atoms. The Labute approximate surface area is 244 Å². The Balaban J connectivity index is 1.39. The van der Waals surface area contributed by atoms with E-state index in [0.717, 1.165) is 12.1 Å². The summed E-state index contributed by atoms with van der Waals surface area (Å²) in [5.41, 5.74) is 3.05. The summed E-state index contributed by atoms with van der Waals surface area (Å²) in [6.45, 7) is 3.40. The molecule has 1 aliphatic heterocycles. The molecule has 0 radical (unpaired) electrons. The van der Waals surface area contributed by atoms with Gasteiger partial charge in [0.15, 0.2) is 17.7 Å². The molecule has 0 unspecified atom stereocenters. The second-order valence-electron chi connectivity index (χ2n) is 9.20. The van der Waals surface area contributed by atoms with Crippen molar-refractivity contribution in [2.45, 2.75) is 32.3 Å². The highest BCUT2D eigenvalue weighted by atomic mass is 19.4. The zero-order chi connectivity index (χ0) is 31.1. The largest absolute Gasteiger partial charge is 0.490 e. The number of ether oxygens (including phenoxy) is 3. The first kappa shape index (κ1) is 31.0. The van der Waals surface area contributed by atoms with Gasteiger partial charge in [-0.1, -0.05) is 18.2 Å². The lowest BCUT2D eigenvalue weighted by atomic mass is 9.95. The zero-order valence-corrected chi connectivity index (χ0v) is 23.3. The maximum Gasteiger partial charge on any atom is 0.416 e. The first-order valence-corrected chi connectivity index (χ1v) is 13.0. The number of hydrogen-bond acceptors (Lipinski definition) is 9. The van der Waals surface area contributed by atoms with Gasteiger partial charge in [-0.3, -0.25) is 5.43 Å². The topological polar surface area (TPSA) is 144 Å². The number of nitrogens with one attached hydrogen (secondary N) is 3. The number of benzene rings is 2. The minimum absolute atomic E-state index is 0.219. The molecule has 2 amide bonds. The van der Waals surface area contributed by atoms with Crippen LogP contribution in [0.4, 0.5) is 18.0 Å². The van der Waals surface area contributed by atoms with Crippen LogP contribution in [0.15, 0.2) is 75.4 Å². The van der Waals surface area contributed by atoms with Crippen molar-refractivity contribution in [3.8, 4) is 22.8 Å². The molecule has 228 valence electrons. The Kier molecular flexibility index (Phi) is 9.60. The minimum atomic E-state index is -4.48. The van der Waals surface area contributed by atoms with Crippen molar-refractivity contribution >= 4 is 18.2 Å². The minimum Gasteiger partial charge on any atom is -0.490 e. The highest BCUT2D eigenvalue weighted by Crippen LogP contribution is 2.35. The van der Waals surface area contributed by atoms with Crippen molar-refractivity contribution < 1.29 is 46.5 Å². The van der Waals surface area contributed by atoms with Crippen LogP contribution in [0.3, 0.4) is 0 Å². The summed E-state index contributed by atoms with van der Waals surface area (Å²) in [5, 5.41) is 19.4. The van der Waals surface area contributed by atoms with Gasteiger partial charge in [-0.15, -0.1) is 0 Å². The van der Waals surface area contributed by atoms with E-state index in [1.165, 1.54) is 37.6 Å². The second kappa shape index (κ2) is 13.3. The first-order chi connectivity index (χ1) is 20.5. The molecule has 43 heavy (non-hydrogen) atoms. The van der Waals surface area contributed by atoms with E-state index in [9.17, 15) is 27.9 Å². The summed E-state index contributed by atoms with van der Waals surface area (Å²) in [6, 6.07) is 11.3. The number of hydrogen-bond donors (Lipinski definition) is 4. The van der Waals surface area contributed by atoms with Gasteiger partial charge < -0.3 is 34.4 Å². The highest BCUT2D eigenvalue weighted by molar-refractivity contribution is 5.95. The first-order valence-electron chi connectivity index (χ1n) is 13.0. The highest BCUT2D eigenvalue weighted by Gasteiger charge is 2.33. The molecule has 0 fully saturated rings. The Morgan fingerprint density at radius 3 is 2.67 bits per heavy atom. The lowest BCUT2D eigenvalue weighted by Gasteiger charge is -2.28. The SMILES string of the molecule is CCOc1cc([C@H]2NC(=O)NC(C)=C2C(=O)OC)ccc1OC[C@H](O)N/N=C/c1ccc(-c2cccc(C(F)(F)F)c2)o1. The van der Waals surface area contributed by atoms with E-state index in [1.807, 2.05) is 0 Å². The van der Waals surface area contributed by atoms with Gasteiger partial charge in [0, 0.05) is 11.3 Å². The molecule has 0 aliphatic carbocycles. The van der Waals surface area contributed by atoms with Gasteiger partial charge in [0.05, 0.1) is 37.1 Å². The number of carbonyl (C=O) groups is 2. The second-order valence-corrected chi connectivity index (χ2v) is 9.20. The van der Waals surface area contributed by atoms with Gasteiger partial charge in [-0.25, -0.2) is 9.59 Å². The Bertz CT molecular complexity index is 1530. The van der Waals surface area contributed by atoms with Crippen molar-refractivity contribution in [3.63, 3.8) is 0 Å². The number of nitrogens with zero attached hydrogens (tertiary/aromatic N) is 1. The molecular weight excluding hydrogens is 573 g/mol. The third-order valence-electron chi connectivity index (χ3n) is 6.19. The zero-order valence-electron chi connectivity index (χ0n) is 23.3. The number of methoxy groups -OCH3 is 1. The average molecular weight is 603 g/mol. The normalized spacial score (nSPS) is 16.0. The molecule has 4 N–H and O–H groups in total. The van der Waals surface area contributed by atoms with Gasteiger partial charge >= 0.3 is 18.2 Å². The Morgan fingerprint density at radius 2 is 1.95 bits per heavy atom. The van der Waals surface area contributed by atoms with Crippen LogP contribution in [0.25, 0.3) is 11.3 Å². The number of aliphatic hydroxyl groups excluding tert-OH is 1. The summed E-state index contributed by atoms with van der Waals surface area (Å²) < 4.78 is 60.8. The van der Waals surface area contributed by atoms with E-state index in [0.29, 0.717) is 17.0 Å².